The average Bonchev–Trinajstić information content (AvgIpc) is 2.71. The molecule has 4 heteroatoms. The van der Waals surface area contributed by atoms with Crippen molar-refractivity contribution in [2.24, 2.45) is 0 Å². The summed E-state index contributed by atoms with van der Waals surface area (Å²) in [5.41, 5.74) is 1.12. The van der Waals surface area contributed by atoms with Crippen LogP contribution in [0, 0.1) is 0 Å². The van der Waals surface area contributed by atoms with E-state index in [9.17, 15) is 4.79 Å². The molecule has 0 bridgehead atoms. The van der Waals surface area contributed by atoms with Crippen molar-refractivity contribution in [3.63, 3.8) is 0 Å². The zero-order chi connectivity index (χ0) is 13.0. The SMILES string of the molecule is CCOc1cccc(CN2CCC(NC)C2=O)c1. The highest BCUT2D eigenvalue weighted by molar-refractivity contribution is 5.83. The minimum absolute atomic E-state index is 0.0138. The van der Waals surface area contributed by atoms with Crippen LogP contribution >= 0.6 is 0 Å². The number of nitrogens with one attached hydrogen (secondary N) is 1. The van der Waals surface area contributed by atoms with Crippen LogP contribution in [-0.4, -0.2) is 37.0 Å². The molecule has 1 fully saturated rings. The van der Waals surface area contributed by atoms with Crippen LogP contribution in [0.3, 0.4) is 0 Å². The van der Waals surface area contributed by atoms with E-state index in [0.717, 1.165) is 24.3 Å². The van der Waals surface area contributed by atoms with Gasteiger partial charge in [0.25, 0.3) is 0 Å². The zero-order valence-electron chi connectivity index (χ0n) is 11.0. The van der Waals surface area contributed by atoms with Crippen LogP contribution in [0.1, 0.15) is 18.9 Å². The first-order valence-corrected chi connectivity index (χ1v) is 6.42. The fourth-order valence-electron chi connectivity index (χ4n) is 2.28. The number of carbonyl (C=O) groups excluding carboxylic acids is 1. The van der Waals surface area contributed by atoms with Crippen LogP contribution in [0.25, 0.3) is 0 Å². The first-order chi connectivity index (χ1) is 8.74. The van der Waals surface area contributed by atoms with Gasteiger partial charge in [-0.2, -0.15) is 0 Å². The normalized spacial score (nSPS) is 19.3. The third-order valence-electron chi connectivity index (χ3n) is 3.23. The first-order valence-electron chi connectivity index (χ1n) is 6.42. The maximum atomic E-state index is 12.0. The van der Waals surface area contributed by atoms with Crippen LogP contribution in [-0.2, 0) is 11.3 Å². The number of likely N-dealkylation sites (tertiary alicyclic amines) is 1. The van der Waals surface area contributed by atoms with Gasteiger partial charge < -0.3 is 15.0 Å². The van der Waals surface area contributed by atoms with Crippen molar-refractivity contribution in [2.75, 3.05) is 20.2 Å². The Labute approximate surface area is 108 Å². The molecule has 0 aromatic heterocycles. The molecule has 1 saturated heterocycles. The molecule has 1 amide bonds. The Morgan fingerprint density at radius 3 is 3.00 bits per heavy atom. The molecule has 1 heterocycles. The fraction of sp³-hybridized carbons (Fsp3) is 0.500. The van der Waals surface area contributed by atoms with Gasteiger partial charge >= 0.3 is 0 Å². The van der Waals surface area contributed by atoms with E-state index in [1.165, 1.54) is 0 Å². The number of likely N-dealkylation sites (N-methyl/N-ethyl adjacent to an activating group) is 1. The van der Waals surface area contributed by atoms with Crippen LogP contribution in [0.4, 0.5) is 0 Å². The summed E-state index contributed by atoms with van der Waals surface area (Å²) in [6.45, 7) is 4.11. The Hall–Kier alpha value is -1.55. The lowest BCUT2D eigenvalue weighted by atomic mass is 10.2. The molecule has 0 radical (unpaired) electrons. The quantitative estimate of drug-likeness (QED) is 0.856. The lowest BCUT2D eigenvalue weighted by Gasteiger charge is -2.17. The van der Waals surface area contributed by atoms with E-state index in [-0.39, 0.29) is 11.9 Å². The maximum absolute atomic E-state index is 12.0. The first kappa shape index (κ1) is 12.9. The molecule has 0 spiro atoms. The molecule has 98 valence electrons. The predicted octanol–water partition coefficient (Wildman–Crippen LogP) is 1.41. The maximum Gasteiger partial charge on any atom is 0.240 e. The second kappa shape index (κ2) is 5.87. The second-order valence-electron chi connectivity index (χ2n) is 4.47. The fourth-order valence-corrected chi connectivity index (χ4v) is 2.28. The van der Waals surface area contributed by atoms with Crippen molar-refractivity contribution in [1.29, 1.82) is 0 Å². The minimum atomic E-state index is -0.0138. The Bertz CT molecular complexity index is 420. The summed E-state index contributed by atoms with van der Waals surface area (Å²) in [6.07, 6.45) is 0.889. The number of hydrogen-bond donors (Lipinski definition) is 1. The van der Waals surface area contributed by atoms with Crippen LogP contribution in [0.15, 0.2) is 24.3 Å². The van der Waals surface area contributed by atoms with Crippen LogP contribution < -0.4 is 10.1 Å². The largest absolute Gasteiger partial charge is 0.494 e. The number of nitrogens with zero attached hydrogens (tertiary/aromatic N) is 1. The monoisotopic (exact) mass is 248 g/mol. The van der Waals surface area contributed by atoms with E-state index in [1.54, 1.807) is 0 Å². The Balaban J connectivity index is 2.01. The molecular weight excluding hydrogens is 228 g/mol. The van der Waals surface area contributed by atoms with E-state index < -0.39 is 0 Å². The van der Waals surface area contributed by atoms with Crippen molar-refractivity contribution in [3.8, 4) is 5.75 Å². The molecule has 1 aliphatic heterocycles. The molecule has 1 aromatic rings. The van der Waals surface area contributed by atoms with Gasteiger partial charge in [0.05, 0.1) is 12.6 Å². The standard InChI is InChI=1S/C14H20N2O2/c1-3-18-12-6-4-5-11(9-12)10-16-8-7-13(15-2)14(16)17/h4-6,9,13,15H,3,7-8,10H2,1-2H3. The van der Waals surface area contributed by atoms with Crippen molar-refractivity contribution in [2.45, 2.75) is 25.9 Å². The smallest absolute Gasteiger partial charge is 0.240 e. The van der Waals surface area contributed by atoms with Crippen LogP contribution in [0.5, 0.6) is 5.75 Å². The van der Waals surface area contributed by atoms with Gasteiger partial charge in [-0.1, -0.05) is 12.1 Å². The van der Waals surface area contributed by atoms with Crippen molar-refractivity contribution in [3.05, 3.63) is 29.8 Å². The molecular formula is C14H20N2O2. The third kappa shape index (κ3) is 2.82. The summed E-state index contributed by atoms with van der Waals surface area (Å²) in [4.78, 5) is 13.9. The Morgan fingerprint density at radius 1 is 1.50 bits per heavy atom. The molecule has 4 nitrogen and oxygen atoms in total. The summed E-state index contributed by atoms with van der Waals surface area (Å²) in [5.74, 6) is 1.06. The molecule has 1 N–H and O–H groups in total. The van der Waals surface area contributed by atoms with E-state index in [0.29, 0.717) is 13.2 Å². The lowest BCUT2D eigenvalue weighted by Crippen LogP contribution is -2.35. The Kier molecular flexibility index (Phi) is 4.20. The Morgan fingerprint density at radius 2 is 2.33 bits per heavy atom. The van der Waals surface area contributed by atoms with E-state index in [1.807, 2.05) is 43.1 Å². The van der Waals surface area contributed by atoms with E-state index >= 15 is 0 Å². The van der Waals surface area contributed by atoms with Gasteiger partial charge in [0.15, 0.2) is 0 Å². The van der Waals surface area contributed by atoms with Gasteiger partial charge in [-0.05, 0) is 38.1 Å². The molecule has 1 atom stereocenters. The van der Waals surface area contributed by atoms with E-state index in [2.05, 4.69) is 5.32 Å². The summed E-state index contributed by atoms with van der Waals surface area (Å²) in [6, 6.07) is 7.93. The molecule has 0 saturated carbocycles. The molecule has 1 unspecified atom stereocenters. The zero-order valence-corrected chi connectivity index (χ0v) is 11.0. The van der Waals surface area contributed by atoms with Crippen molar-refractivity contribution < 1.29 is 9.53 Å². The second-order valence-corrected chi connectivity index (χ2v) is 4.47. The average molecular weight is 248 g/mol. The highest BCUT2D eigenvalue weighted by Gasteiger charge is 2.29. The van der Waals surface area contributed by atoms with Gasteiger partial charge in [0, 0.05) is 13.1 Å². The van der Waals surface area contributed by atoms with Crippen LogP contribution in [0.2, 0.25) is 0 Å². The topological polar surface area (TPSA) is 41.6 Å². The predicted molar refractivity (Wildman–Crippen MR) is 70.5 cm³/mol. The number of benzene rings is 1. The van der Waals surface area contributed by atoms with Crippen molar-refractivity contribution >= 4 is 5.91 Å². The van der Waals surface area contributed by atoms with Gasteiger partial charge in [-0.15, -0.1) is 0 Å². The molecule has 0 aliphatic carbocycles. The van der Waals surface area contributed by atoms with Gasteiger partial charge in [0.2, 0.25) is 5.91 Å². The number of amides is 1. The van der Waals surface area contributed by atoms with E-state index in [4.69, 9.17) is 4.74 Å². The van der Waals surface area contributed by atoms with Gasteiger partial charge in [-0.25, -0.2) is 0 Å². The summed E-state index contributed by atoms with van der Waals surface area (Å²) in [7, 11) is 1.84. The summed E-state index contributed by atoms with van der Waals surface area (Å²) < 4.78 is 5.46. The number of hydrogen-bond acceptors (Lipinski definition) is 3. The summed E-state index contributed by atoms with van der Waals surface area (Å²) in [5, 5.41) is 3.05. The molecule has 1 aliphatic rings. The highest BCUT2D eigenvalue weighted by atomic mass is 16.5. The molecule has 18 heavy (non-hydrogen) atoms. The van der Waals surface area contributed by atoms with Gasteiger partial charge in [-0.3, -0.25) is 4.79 Å². The number of ether oxygens (including phenoxy) is 1. The number of carbonyl (C=O) groups is 1. The highest BCUT2D eigenvalue weighted by Crippen LogP contribution is 2.18. The minimum Gasteiger partial charge on any atom is -0.494 e. The third-order valence-corrected chi connectivity index (χ3v) is 3.23. The summed E-state index contributed by atoms with van der Waals surface area (Å²) >= 11 is 0. The van der Waals surface area contributed by atoms with Crippen molar-refractivity contribution in [1.82, 2.24) is 10.2 Å². The lowest BCUT2D eigenvalue weighted by molar-refractivity contribution is -0.129. The molecule has 1 aromatic carbocycles. The molecule has 2 rings (SSSR count). The number of rotatable bonds is 5. The van der Waals surface area contributed by atoms with Gasteiger partial charge in [0.1, 0.15) is 5.75 Å².